The molecular weight excluding hydrogens is 540 g/mol. The molecule has 190 valence electrons. The van der Waals surface area contributed by atoms with Gasteiger partial charge < -0.3 is 4.74 Å². The highest BCUT2D eigenvalue weighted by Crippen LogP contribution is 2.53. The Morgan fingerprint density at radius 1 is 0.564 bits per heavy atom. The second-order valence-electron chi connectivity index (χ2n) is 11.1. The molecular formula is C37H29BrO. The summed E-state index contributed by atoms with van der Waals surface area (Å²) in [4.78, 5) is 0. The fraction of sp³-hybridized carbons (Fsp3) is 0.189. The first-order valence-electron chi connectivity index (χ1n) is 14.2. The molecule has 1 aliphatic carbocycles. The first-order valence-corrected chi connectivity index (χ1v) is 15.0. The van der Waals surface area contributed by atoms with E-state index in [2.05, 4.69) is 119 Å². The number of benzene rings is 6. The highest BCUT2D eigenvalue weighted by Gasteiger charge is 2.37. The molecule has 0 aromatic heterocycles. The van der Waals surface area contributed by atoms with E-state index in [9.17, 15) is 0 Å². The van der Waals surface area contributed by atoms with Crippen LogP contribution in [0.3, 0.4) is 0 Å². The average molecular weight is 570 g/mol. The van der Waals surface area contributed by atoms with Crippen molar-refractivity contribution < 1.29 is 4.74 Å². The van der Waals surface area contributed by atoms with Gasteiger partial charge in [0.2, 0.25) is 0 Å². The lowest BCUT2D eigenvalue weighted by Gasteiger charge is -2.20. The molecule has 0 spiro atoms. The van der Waals surface area contributed by atoms with Crippen molar-refractivity contribution in [2.45, 2.75) is 44.1 Å². The van der Waals surface area contributed by atoms with Crippen LogP contribution in [0.1, 0.15) is 43.6 Å². The summed E-state index contributed by atoms with van der Waals surface area (Å²) < 4.78 is 8.02. The van der Waals surface area contributed by atoms with Crippen LogP contribution in [0.4, 0.5) is 0 Å². The van der Waals surface area contributed by atoms with Gasteiger partial charge in [0, 0.05) is 27.1 Å². The normalized spacial score (nSPS) is 18.6. The van der Waals surface area contributed by atoms with Gasteiger partial charge in [0.05, 0.1) is 0 Å². The zero-order chi connectivity index (χ0) is 25.9. The van der Waals surface area contributed by atoms with E-state index in [-0.39, 0.29) is 0 Å². The standard InChI is InChI=1S/C37H29BrO/c38-24-21-32-26-14-2-1-3-20-34(26)39-37(32)33(22-24)36-30-17-8-6-15-28(30)35(29-16-7-9-18-31(29)36)27-19-10-12-23-11-4-5-13-25(23)27/h4-13,15-19,21-22,26,34H,1-3,14,20H2/t26?,34-/m1/s1. The van der Waals surface area contributed by atoms with Crippen molar-refractivity contribution >= 4 is 48.2 Å². The third-order valence-corrected chi connectivity index (χ3v) is 9.42. The quantitative estimate of drug-likeness (QED) is 0.189. The summed E-state index contributed by atoms with van der Waals surface area (Å²) in [6, 6.07) is 37.9. The molecule has 1 unspecified atom stereocenters. The minimum absolute atomic E-state index is 0.294. The maximum atomic E-state index is 6.88. The van der Waals surface area contributed by atoms with Crippen molar-refractivity contribution in [1.82, 2.24) is 0 Å². The first kappa shape index (κ1) is 23.3. The summed E-state index contributed by atoms with van der Waals surface area (Å²) in [6.45, 7) is 0. The number of hydrogen-bond acceptors (Lipinski definition) is 1. The van der Waals surface area contributed by atoms with Crippen LogP contribution in [-0.2, 0) is 0 Å². The van der Waals surface area contributed by atoms with Crippen molar-refractivity contribution in [2.75, 3.05) is 0 Å². The fourth-order valence-electron chi connectivity index (χ4n) is 7.28. The lowest BCUT2D eigenvalue weighted by atomic mass is 9.83. The molecule has 1 fully saturated rings. The molecule has 0 N–H and O–H groups in total. The second kappa shape index (κ2) is 9.24. The summed E-state index contributed by atoms with van der Waals surface area (Å²) in [5.41, 5.74) is 6.46. The van der Waals surface area contributed by atoms with E-state index >= 15 is 0 Å². The molecule has 2 atom stereocenters. The molecule has 1 nitrogen and oxygen atoms in total. The molecule has 1 aliphatic heterocycles. The molecule has 0 radical (unpaired) electrons. The Morgan fingerprint density at radius 2 is 1.15 bits per heavy atom. The number of hydrogen-bond donors (Lipinski definition) is 0. The Balaban J connectivity index is 1.48. The predicted molar refractivity (Wildman–Crippen MR) is 168 cm³/mol. The van der Waals surface area contributed by atoms with Crippen LogP contribution in [0.25, 0.3) is 54.6 Å². The smallest absolute Gasteiger partial charge is 0.131 e. The van der Waals surface area contributed by atoms with Crippen LogP contribution >= 0.6 is 15.9 Å². The topological polar surface area (TPSA) is 9.23 Å². The maximum absolute atomic E-state index is 6.88. The SMILES string of the molecule is Brc1cc(-c2c3ccccc3c(-c3cccc4ccccc34)c3ccccc23)c2c(c1)C1CCCCC[C@H]1O2. The van der Waals surface area contributed by atoms with Gasteiger partial charge in [-0.2, -0.15) is 0 Å². The first-order chi connectivity index (χ1) is 19.3. The van der Waals surface area contributed by atoms with Crippen LogP contribution in [0.15, 0.2) is 108 Å². The van der Waals surface area contributed by atoms with Gasteiger partial charge in [0.25, 0.3) is 0 Å². The largest absolute Gasteiger partial charge is 0.489 e. The third kappa shape index (κ3) is 3.65. The van der Waals surface area contributed by atoms with E-state index in [0.29, 0.717) is 12.0 Å². The Morgan fingerprint density at radius 3 is 1.87 bits per heavy atom. The van der Waals surface area contributed by atoms with Crippen LogP contribution in [0, 0.1) is 0 Å². The van der Waals surface area contributed by atoms with E-state index in [1.54, 1.807) is 0 Å². The van der Waals surface area contributed by atoms with Crippen molar-refractivity contribution in [2.24, 2.45) is 0 Å². The van der Waals surface area contributed by atoms with E-state index < -0.39 is 0 Å². The Labute approximate surface area is 237 Å². The summed E-state index contributed by atoms with van der Waals surface area (Å²) in [5.74, 6) is 1.59. The van der Waals surface area contributed by atoms with Crippen molar-refractivity contribution in [3.63, 3.8) is 0 Å². The minimum atomic E-state index is 0.294. The van der Waals surface area contributed by atoms with Crippen LogP contribution < -0.4 is 4.74 Å². The molecule has 2 heteroatoms. The lowest BCUT2D eigenvalue weighted by Crippen LogP contribution is -2.16. The van der Waals surface area contributed by atoms with Crippen molar-refractivity contribution in [3.05, 3.63) is 113 Å². The van der Waals surface area contributed by atoms with Crippen molar-refractivity contribution in [3.8, 4) is 28.0 Å². The summed E-state index contributed by atoms with van der Waals surface area (Å²) in [6.07, 6.45) is 6.53. The highest BCUT2D eigenvalue weighted by atomic mass is 79.9. The lowest BCUT2D eigenvalue weighted by molar-refractivity contribution is 0.197. The fourth-order valence-corrected chi connectivity index (χ4v) is 7.76. The molecule has 6 aromatic rings. The zero-order valence-corrected chi connectivity index (χ0v) is 23.4. The van der Waals surface area contributed by atoms with Crippen LogP contribution in [0.2, 0.25) is 0 Å². The average Bonchev–Trinajstić information content (AvgIpc) is 3.15. The Hall–Kier alpha value is -3.62. The number of ether oxygens (including phenoxy) is 1. The monoisotopic (exact) mass is 568 g/mol. The van der Waals surface area contributed by atoms with E-state index in [4.69, 9.17) is 4.74 Å². The van der Waals surface area contributed by atoms with E-state index in [1.807, 2.05) is 0 Å². The number of fused-ring (bicyclic) bond motifs is 6. The van der Waals surface area contributed by atoms with Gasteiger partial charge in [-0.1, -0.05) is 120 Å². The molecule has 0 amide bonds. The minimum Gasteiger partial charge on any atom is -0.489 e. The predicted octanol–water partition coefficient (Wildman–Crippen LogP) is 11.1. The van der Waals surface area contributed by atoms with Gasteiger partial charge >= 0.3 is 0 Å². The molecule has 1 heterocycles. The summed E-state index contributed by atoms with van der Waals surface area (Å²) in [5, 5.41) is 7.66. The Bertz CT molecular complexity index is 1840. The third-order valence-electron chi connectivity index (χ3n) is 8.96. The molecule has 0 bridgehead atoms. The second-order valence-corrected chi connectivity index (χ2v) is 12.1. The van der Waals surface area contributed by atoms with Gasteiger partial charge in [-0.25, -0.2) is 0 Å². The molecule has 0 saturated heterocycles. The molecule has 6 aromatic carbocycles. The van der Waals surface area contributed by atoms with Gasteiger partial charge in [0.1, 0.15) is 11.9 Å². The molecule has 1 saturated carbocycles. The molecule has 2 aliphatic rings. The van der Waals surface area contributed by atoms with Crippen LogP contribution in [-0.4, -0.2) is 6.10 Å². The van der Waals surface area contributed by atoms with Gasteiger partial charge in [-0.15, -0.1) is 0 Å². The van der Waals surface area contributed by atoms with Gasteiger partial charge in [-0.05, 0) is 74.8 Å². The highest BCUT2D eigenvalue weighted by molar-refractivity contribution is 9.10. The zero-order valence-electron chi connectivity index (χ0n) is 21.8. The van der Waals surface area contributed by atoms with Gasteiger partial charge in [-0.3, -0.25) is 0 Å². The van der Waals surface area contributed by atoms with E-state index in [0.717, 1.165) is 16.6 Å². The summed E-state index contributed by atoms with van der Waals surface area (Å²) in [7, 11) is 0. The Kier molecular flexibility index (Phi) is 5.52. The van der Waals surface area contributed by atoms with Crippen LogP contribution in [0.5, 0.6) is 5.75 Å². The van der Waals surface area contributed by atoms with Crippen molar-refractivity contribution in [1.29, 1.82) is 0 Å². The maximum Gasteiger partial charge on any atom is 0.131 e. The number of halogens is 1. The number of rotatable bonds is 2. The molecule has 39 heavy (non-hydrogen) atoms. The summed E-state index contributed by atoms with van der Waals surface area (Å²) >= 11 is 3.90. The van der Waals surface area contributed by atoms with Gasteiger partial charge in [0.15, 0.2) is 0 Å². The molecule has 8 rings (SSSR count). The van der Waals surface area contributed by atoms with E-state index in [1.165, 1.54) is 85.8 Å².